The maximum Gasteiger partial charge on any atom is 1.00 e. The summed E-state index contributed by atoms with van der Waals surface area (Å²) < 4.78 is 0.536. The summed E-state index contributed by atoms with van der Waals surface area (Å²) in [6, 6.07) is 0. The van der Waals surface area contributed by atoms with Crippen molar-refractivity contribution >= 4 is 18.2 Å². The number of rotatable bonds is 4. The van der Waals surface area contributed by atoms with Crippen molar-refractivity contribution in [3.63, 3.8) is 0 Å². The van der Waals surface area contributed by atoms with Gasteiger partial charge in [-0.15, -0.1) is 0 Å². The monoisotopic (exact) mass is 209 g/mol. The predicted octanol–water partition coefficient (Wildman–Crippen LogP) is -3.46. The minimum Gasteiger partial charge on any atom is -0.550 e. The van der Waals surface area contributed by atoms with Gasteiger partial charge in [0.15, 0.2) is 0 Å². The van der Waals surface area contributed by atoms with E-state index in [-0.39, 0.29) is 36.0 Å². The number of nitrogens with zero attached hydrogens (tertiary/aromatic N) is 1. The van der Waals surface area contributed by atoms with Crippen LogP contribution in [0.1, 0.15) is 18.5 Å². The van der Waals surface area contributed by atoms with Crippen molar-refractivity contribution in [3.8, 4) is 0 Å². The summed E-state index contributed by atoms with van der Waals surface area (Å²) in [5.41, 5.74) is 0.700. The number of hydrogen-bond acceptors (Lipinski definition) is 4. The van der Waals surface area contributed by atoms with Crippen LogP contribution in [0.25, 0.3) is 0 Å². The Morgan fingerprint density at radius 2 is 2.31 bits per heavy atom. The number of aromatic nitrogens is 3. The molecule has 0 amide bonds. The number of hydrogen-bond donors (Lipinski definition) is 2. The summed E-state index contributed by atoms with van der Waals surface area (Å²) in [6.07, 6.45) is 1.11. The van der Waals surface area contributed by atoms with Crippen LogP contribution >= 0.6 is 12.2 Å². The smallest absolute Gasteiger partial charge is 0.550 e. The fourth-order valence-electron chi connectivity index (χ4n) is 0.839. The van der Waals surface area contributed by atoms with Gasteiger partial charge in [-0.25, -0.2) is 5.21 Å². The van der Waals surface area contributed by atoms with Gasteiger partial charge < -0.3 is 9.90 Å². The second-order valence-electron chi connectivity index (χ2n) is 2.35. The second-order valence-corrected chi connectivity index (χ2v) is 2.76. The van der Waals surface area contributed by atoms with Gasteiger partial charge in [-0.3, -0.25) is 5.10 Å². The molecule has 1 aromatic rings. The van der Waals surface area contributed by atoms with Gasteiger partial charge in [0.1, 0.15) is 4.64 Å². The van der Waals surface area contributed by atoms with Crippen LogP contribution in [0.5, 0.6) is 0 Å². The minimum atomic E-state index is -1.04. The van der Waals surface area contributed by atoms with Crippen LogP contribution < -0.4 is 34.7 Å². The SMILES string of the molecule is O=C([O-])CCCc1n[nH][nH]c1=S.[Na+]. The van der Waals surface area contributed by atoms with Crippen molar-refractivity contribution in [2.75, 3.05) is 0 Å². The molecular weight excluding hydrogens is 201 g/mol. The topological polar surface area (TPSA) is 84.6 Å². The number of nitrogens with one attached hydrogen (secondary N) is 2. The molecule has 0 saturated carbocycles. The van der Waals surface area contributed by atoms with Crippen LogP contribution in [0.4, 0.5) is 0 Å². The molecule has 1 heterocycles. The number of carboxylic acids is 1. The van der Waals surface area contributed by atoms with E-state index in [4.69, 9.17) is 12.2 Å². The molecule has 0 bridgehead atoms. The molecule has 0 aliphatic carbocycles. The van der Waals surface area contributed by atoms with Crippen molar-refractivity contribution in [2.45, 2.75) is 19.3 Å². The standard InChI is InChI=1S/C6H9N3O2S.Na/c10-5(11)3-1-2-4-6(12)8-9-7-4;/h1-3H2,(H,10,11)(H2,7,8,9,12);/q;+1/p-1. The maximum absolute atomic E-state index is 10.0. The molecule has 0 atom stereocenters. The molecule has 0 aliphatic heterocycles. The van der Waals surface area contributed by atoms with E-state index in [1.54, 1.807) is 0 Å². The largest absolute Gasteiger partial charge is 1.00 e. The average molecular weight is 209 g/mol. The maximum atomic E-state index is 10.0. The summed E-state index contributed by atoms with van der Waals surface area (Å²) in [6.45, 7) is 0. The third-order valence-electron chi connectivity index (χ3n) is 1.42. The Bertz CT molecular complexity index is 322. The number of aryl methyl sites for hydroxylation is 1. The van der Waals surface area contributed by atoms with Crippen molar-refractivity contribution in [1.82, 2.24) is 15.4 Å². The normalized spacial score (nSPS) is 9.23. The molecule has 0 fully saturated rings. The Labute approximate surface area is 102 Å². The Morgan fingerprint density at radius 1 is 1.62 bits per heavy atom. The van der Waals surface area contributed by atoms with E-state index in [0.29, 0.717) is 23.2 Å². The van der Waals surface area contributed by atoms with E-state index >= 15 is 0 Å². The zero-order valence-electron chi connectivity index (χ0n) is 7.29. The summed E-state index contributed by atoms with van der Waals surface area (Å²) >= 11 is 4.85. The molecule has 66 valence electrons. The van der Waals surface area contributed by atoms with E-state index < -0.39 is 5.97 Å². The van der Waals surface area contributed by atoms with E-state index in [1.807, 2.05) is 0 Å². The van der Waals surface area contributed by atoms with Gasteiger partial charge in [-0.1, -0.05) is 12.2 Å². The van der Waals surface area contributed by atoms with E-state index in [2.05, 4.69) is 15.4 Å². The number of carboxylic acid groups (broad SMARTS) is 1. The first kappa shape index (κ1) is 12.8. The quantitative estimate of drug-likeness (QED) is 0.399. The van der Waals surface area contributed by atoms with Crippen LogP contribution in [0.2, 0.25) is 0 Å². The van der Waals surface area contributed by atoms with E-state index in [9.17, 15) is 9.90 Å². The second kappa shape index (κ2) is 6.31. The number of H-pyrrole nitrogens is 2. The number of aliphatic carboxylic acids is 1. The van der Waals surface area contributed by atoms with Gasteiger partial charge in [0.05, 0.1) is 5.69 Å². The van der Waals surface area contributed by atoms with E-state index in [0.717, 1.165) is 0 Å². The van der Waals surface area contributed by atoms with E-state index in [1.165, 1.54) is 0 Å². The van der Waals surface area contributed by atoms with Crippen molar-refractivity contribution in [2.24, 2.45) is 0 Å². The van der Waals surface area contributed by atoms with Crippen molar-refractivity contribution < 1.29 is 39.5 Å². The number of carbonyl (C=O) groups excluding carboxylic acids is 1. The van der Waals surface area contributed by atoms with Gasteiger partial charge in [0, 0.05) is 5.97 Å². The van der Waals surface area contributed by atoms with Gasteiger partial charge in [-0.05, 0) is 19.3 Å². The first-order valence-electron chi connectivity index (χ1n) is 3.52. The zero-order chi connectivity index (χ0) is 8.97. The average Bonchev–Trinajstić information content (AvgIpc) is 2.36. The molecule has 1 aromatic heterocycles. The molecule has 2 N–H and O–H groups in total. The van der Waals surface area contributed by atoms with Gasteiger partial charge in [0.2, 0.25) is 0 Å². The minimum absolute atomic E-state index is 0. The summed E-state index contributed by atoms with van der Waals surface area (Å²) in [5, 5.41) is 19.0. The molecular formula is C6H8N3NaO2S. The summed E-state index contributed by atoms with van der Waals surface area (Å²) in [7, 11) is 0. The van der Waals surface area contributed by atoms with Crippen LogP contribution in [0.15, 0.2) is 0 Å². The fraction of sp³-hybridized carbons (Fsp3) is 0.500. The third kappa shape index (κ3) is 4.56. The van der Waals surface area contributed by atoms with Crippen molar-refractivity contribution in [1.29, 1.82) is 0 Å². The molecule has 0 unspecified atom stereocenters. The molecule has 0 spiro atoms. The number of aromatic amines is 2. The fourth-order valence-corrected chi connectivity index (χ4v) is 1.03. The van der Waals surface area contributed by atoms with Gasteiger partial charge in [-0.2, -0.15) is 5.10 Å². The van der Waals surface area contributed by atoms with Crippen molar-refractivity contribution in [3.05, 3.63) is 10.3 Å². The molecule has 1 rings (SSSR count). The molecule has 0 saturated heterocycles. The molecule has 5 nitrogen and oxygen atoms in total. The number of carbonyl (C=O) groups is 1. The molecule has 0 radical (unpaired) electrons. The van der Waals surface area contributed by atoms with Crippen LogP contribution in [-0.4, -0.2) is 21.4 Å². The first-order chi connectivity index (χ1) is 5.70. The third-order valence-corrected chi connectivity index (χ3v) is 1.75. The van der Waals surface area contributed by atoms with Crippen LogP contribution in [-0.2, 0) is 11.2 Å². The predicted molar refractivity (Wildman–Crippen MR) is 41.7 cm³/mol. The Kier molecular flexibility index (Phi) is 6.23. The summed E-state index contributed by atoms with van der Waals surface area (Å²) in [4.78, 5) is 10.0. The summed E-state index contributed by atoms with van der Waals surface area (Å²) in [5.74, 6) is -1.04. The molecule has 13 heavy (non-hydrogen) atoms. The Balaban J connectivity index is 0.00000144. The zero-order valence-corrected chi connectivity index (χ0v) is 10.1. The van der Waals surface area contributed by atoms with Gasteiger partial charge >= 0.3 is 29.6 Å². The van der Waals surface area contributed by atoms with Crippen LogP contribution in [0.3, 0.4) is 0 Å². The first-order valence-corrected chi connectivity index (χ1v) is 3.92. The Hall–Kier alpha value is -0.170. The molecule has 0 aromatic carbocycles. The molecule has 0 aliphatic rings. The van der Waals surface area contributed by atoms with Gasteiger partial charge in [0.25, 0.3) is 0 Å². The molecule has 7 heteroatoms. The van der Waals surface area contributed by atoms with Crippen LogP contribution in [0, 0.1) is 4.64 Å². The Morgan fingerprint density at radius 3 is 2.77 bits per heavy atom.